The molecule has 7 nitrogen and oxygen atoms in total. The van der Waals surface area contributed by atoms with E-state index in [1.807, 2.05) is 0 Å². The van der Waals surface area contributed by atoms with Gasteiger partial charge in [0.2, 0.25) is 0 Å². The minimum Gasteiger partial charge on any atom is -0.371 e. The van der Waals surface area contributed by atoms with E-state index in [1.54, 1.807) is 0 Å². The zero-order chi connectivity index (χ0) is 27.9. The zero-order valence-electron chi connectivity index (χ0n) is 25.2. The van der Waals surface area contributed by atoms with Crippen molar-refractivity contribution in [3.05, 3.63) is 0 Å². The van der Waals surface area contributed by atoms with E-state index < -0.39 is 0 Å². The molecular formula is C32H59NO6. The van der Waals surface area contributed by atoms with Crippen molar-refractivity contribution in [1.29, 1.82) is 0 Å². The fraction of sp³-hybridized carbons (Fsp3) is 1.00. The lowest BCUT2D eigenvalue weighted by atomic mass is 9.44. The fourth-order valence-corrected chi connectivity index (χ4v) is 10.1. The summed E-state index contributed by atoms with van der Waals surface area (Å²) < 4.78 is 22.1. The second-order valence-corrected chi connectivity index (χ2v) is 14.0. The molecule has 39 heavy (non-hydrogen) atoms. The van der Waals surface area contributed by atoms with Crippen LogP contribution in [0.2, 0.25) is 0 Å². The summed E-state index contributed by atoms with van der Waals surface area (Å²) in [4.78, 5) is 0. The molecule has 4 aliphatic carbocycles. The predicted molar refractivity (Wildman–Crippen MR) is 153 cm³/mol. The molecule has 228 valence electrons. The molecule has 0 radical (unpaired) electrons. The molecule has 0 heterocycles. The Hall–Kier alpha value is -0.280. The highest BCUT2D eigenvalue weighted by molar-refractivity contribution is 5.09. The predicted octanol–water partition coefficient (Wildman–Crippen LogP) is 5.46. The lowest BCUT2D eigenvalue weighted by Crippen LogP contribution is -2.54. The summed E-state index contributed by atoms with van der Waals surface area (Å²) in [6.07, 6.45) is 16.3. The normalized spacial score (nSPS) is 39.5. The summed E-state index contributed by atoms with van der Waals surface area (Å²) in [5.41, 5.74) is 7.11. The van der Waals surface area contributed by atoms with Crippen molar-refractivity contribution in [1.82, 2.24) is 0 Å². The van der Waals surface area contributed by atoms with Gasteiger partial charge in [-0.1, -0.05) is 20.8 Å². The maximum absolute atomic E-state index is 8.92. The van der Waals surface area contributed by atoms with Gasteiger partial charge >= 0.3 is 0 Å². The van der Waals surface area contributed by atoms with E-state index in [0.717, 1.165) is 61.2 Å². The summed E-state index contributed by atoms with van der Waals surface area (Å²) in [6.45, 7) is 9.46. The Morgan fingerprint density at radius 3 is 2.26 bits per heavy atom. The molecule has 0 spiro atoms. The lowest BCUT2D eigenvalue weighted by Gasteiger charge is -2.61. The van der Waals surface area contributed by atoms with Crippen LogP contribution in [0, 0.1) is 46.3 Å². The molecule has 6 unspecified atom stereocenters. The average Bonchev–Trinajstić information content (AvgIpc) is 3.29. The Morgan fingerprint density at radius 1 is 0.821 bits per heavy atom. The molecule has 0 saturated heterocycles. The first-order valence-electron chi connectivity index (χ1n) is 16.2. The Kier molecular flexibility index (Phi) is 12.0. The van der Waals surface area contributed by atoms with Gasteiger partial charge in [0.05, 0.1) is 12.7 Å². The van der Waals surface area contributed by atoms with Gasteiger partial charge in [0.15, 0.2) is 0 Å². The highest BCUT2D eigenvalue weighted by Crippen LogP contribution is 2.68. The number of aliphatic hydroxyl groups is 2. The summed E-state index contributed by atoms with van der Waals surface area (Å²) in [6, 6.07) is -0.0174. The number of fused-ring (bicyclic) bond motifs is 5. The van der Waals surface area contributed by atoms with Crippen molar-refractivity contribution in [2.75, 3.05) is 40.2 Å². The lowest BCUT2D eigenvalue weighted by molar-refractivity contribution is -0.158. The van der Waals surface area contributed by atoms with Crippen molar-refractivity contribution in [3.8, 4) is 0 Å². The van der Waals surface area contributed by atoms with Crippen molar-refractivity contribution in [3.63, 3.8) is 0 Å². The van der Waals surface area contributed by atoms with Crippen molar-refractivity contribution < 1.29 is 29.2 Å². The van der Waals surface area contributed by atoms with Crippen LogP contribution in [-0.4, -0.2) is 62.6 Å². The average molecular weight is 554 g/mol. The van der Waals surface area contributed by atoms with Crippen molar-refractivity contribution in [2.24, 2.45) is 52.1 Å². The summed E-state index contributed by atoms with van der Waals surface area (Å²) in [5.74, 6) is 5.05. The van der Waals surface area contributed by atoms with Crippen molar-refractivity contribution in [2.45, 2.75) is 116 Å². The highest BCUT2D eigenvalue weighted by Gasteiger charge is 2.60. The number of nitrogens with two attached hydrogens (primary N) is 1. The largest absolute Gasteiger partial charge is 0.371 e. The molecule has 4 rings (SSSR count). The third-order valence-corrected chi connectivity index (χ3v) is 12.1. The monoisotopic (exact) mass is 553 g/mol. The van der Waals surface area contributed by atoms with E-state index in [1.165, 1.54) is 57.8 Å². The minimum absolute atomic E-state index is 0.0174. The van der Waals surface area contributed by atoms with Crippen LogP contribution in [0.5, 0.6) is 0 Å². The van der Waals surface area contributed by atoms with E-state index in [4.69, 9.17) is 34.9 Å². The molecule has 10 atom stereocenters. The van der Waals surface area contributed by atoms with E-state index in [2.05, 4.69) is 20.8 Å². The zero-order valence-corrected chi connectivity index (χ0v) is 25.2. The number of rotatable bonds is 16. The van der Waals surface area contributed by atoms with Crippen LogP contribution < -0.4 is 5.73 Å². The first kappa shape index (κ1) is 31.7. The standard InChI is InChI=1S/C32H59NO6/c1-23(6-4-16-36-20-34)28-10-11-29-27-9-8-24-18-26(39-22-38-19-25(33)7-5-17-37-21-35)12-14-31(24,2)30(27)13-15-32(28,29)3/h23-30,34-35H,4-22,33H2,1-3H3/t23-,24?,25+,26?,27?,28?,29+,30+,31?,32?/m1/s1. The van der Waals surface area contributed by atoms with Crippen LogP contribution in [0.4, 0.5) is 0 Å². The second-order valence-electron chi connectivity index (χ2n) is 14.0. The van der Waals surface area contributed by atoms with E-state index >= 15 is 0 Å². The van der Waals surface area contributed by atoms with Gasteiger partial charge < -0.3 is 34.9 Å². The third-order valence-electron chi connectivity index (χ3n) is 12.1. The van der Waals surface area contributed by atoms with Gasteiger partial charge in [-0.2, -0.15) is 0 Å². The topological polar surface area (TPSA) is 103 Å². The van der Waals surface area contributed by atoms with Crippen LogP contribution in [0.25, 0.3) is 0 Å². The summed E-state index contributed by atoms with van der Waals surface area (Å²) in [5, 5.41) is 17.6. The number of aliphatic hydroxyl groups excluding tert-OH is 2. The van der Waals surface area contributed by atoms with Crippen LogP contribution in [0.3, 0.4) is 0 Å². The number of hydrogen-bond donors (Lipinski definition) is 3. The Bertz CT molecular complexity index is 725. The Labute approximate surface area is 237 Å². The second kappa shape index (κ2) is 14.8. The van der Waals surface area contributed by atoms with Gasteiger partial charge in [0.1, 0.15) is 20.4 Å². The molecular weight excluding hydrogens is 494 g/mol. The maximum Gasteiger partial charge on any atom is 0.147 e. The molecule has 0 aromatic heterocycles. The van der Waals surface area contributed by atoms with Crippen LogP contribution in [0.1, 0.15) is 104 Å². The third kappa shape index (κ3) is 7.39. The van der Waals surface area contributed by atoms with Gasteiger partial charge in [-0.3, -0.25) is 0 Å². The van der Waals surface area contributed by atoms with Crippen LogP contribution in [0.15, 0.2) is 0 Å². The molecule has 7 heteroatoms. The van der Waals surface area contributed by atoms with E-state index in [9.17, 15) is 0 Å². The highest BCUT2D eigenvalue weighted by atomic mass is 16.7. The first-order chi connectivity index (χ1) is 18.8. The molecule has 4 saturated carbocycles. The van der Waals surface area contributed by atoms with E-state index in [0.29, 0.717) is 43.5 Å². The summed E-state index contributed by atoms with van der Waals surface area (Å²) >= 11 is 0. The van der Waals surface area contributed by atoms with Gasteiger partial charge in [0, 0.05) is 19.3 Å². The van der Waals surface area contributed by atoms with Gasteiger partial charge in [-0.25, -0.2) is 0 Å². The molecule has 4 N–H and O–H groups in total. The SMILES string of the molecule is C[C@H](CCCOCO)C1CC[C@H]2C3CCC4CC(OCOC[C@@H](N)CCCOCO)CCC4(C)[C@H]3CCC12C. The quantitative estimate of drug-likeness (QED) is 0.172. The molecule has 4 aliphatic rings. The Morgan fingerprint density at radius 2 is 1.51 bits per heavy atom. The minimum atomic E-state index is -0.230. The van der Waals surface area contributed by atoms with E-state index in [-0.39, 0.29) is 19.6 Å². The van der Waals surface area contributed by atoms with Gasteiger partial charge in [-0.05, 0) is 130 Å². The smallest absolute Gasteiger partial charge is 0.147 e. The first-order valence-corrected chi connectivity index (χ1v) is 16.2. The molecule has 0 aromatic carbocycles. The molecule has 4 fully saturated rings. The van der Waals surface area contributed by atoms with Crippen LogP contribution in [-0.2, 0) is 18.9 Å². The van der Waals surface area contributed by atoms with Crippen molar-refractivity contribution >= 4 is 0 Å². The number of hydrogen-bond acceptors (Lipinski definition) is 7. The fourth-order valence-electron chi connectivity index (χ4n) is 10.1. The maximum atomic E-state index is 8.92. The Balaban J connectivity index is 1.23. The molecule has 0 amide bonds. The van der Waals surface area contributed by atoms with Gasteiger partial charge in [0.25, 0.3) is 0 Å². The van der Waals surface area contributed by atoms with Gasteiger partial charge in [-0.15, -0.1) is 0 Å². The summed E-state index contributed by atoms with van der Waals surface area (Å²) in [7, 11) is 0. The molecule has 0 bridgehead atoms. The molecule has 0 aliphatic heterocycles. The van der Waals surface area contributed by atoms with Crippen LogP contribution >= 0.6 is 0 Å². The number of ether oxygens (including phenoxy) is 4. The molecule has 0 aromatic rings.